The zero-order valence-corrected chi connectivity index (χ0v) is 14.2. The normalized spacial score (nSPS) is 10.6. The minimum absolute atomic E-state index is 0.653. The first-order chi connectivity index (χ1) is 11.7. The predicted octanol–water partition coefficient (Wildman–Crippen LogP) is 5.11. The first-order valence-electron chi connectivity index (χ1n) is 8.15. The molecule has 24 heavy (non-hydrogen) atoms. The molecule has 3 rings (SSSR count). The Morgan fingerprint density at radius 3 is 1.79 bits per heavy atom. The Morgan fingerprint density at radius 2 is 1.29 bits per heavy atom. The van der Waals surface area contributed by atoms with Crippen LogP contribution in [0.25, 0.3) is 22.4 Å². The van der Waals surface area contributed by atoms with Crippen LogP contribution in [0.4, 0.5) is 0 Å². The van der Waals surface area contributed by atoms with Crippen molar-refractivity contribution in [3.8, 4) is 33.9 Å². The summed E-state index contributed by atoms with van der Waals surface area (Å²) in [6.07, 6.45) is 0. The number of benzene rings is 2. The highest BCUT2D eigenvalue weighted by atomic mass is 16.5. The van der Waals surface area contributed by atoms with Gasteiger partial charge in [0.15, 0.2) is 0 Å². The molecule has 3 aromatic rings. The van der Waals surface area contributed by atoms with Crippen molar-refractivity contribution in [2.24, 2.45) is 0 Å². The van der Waals surface area contributed by atoms with E-state index in [1.807, 2.05) is 69.3 Å². The molecule has 4 nitrogen and oxygen atoms in total. The predicted molar refractivity (Wildman–Crippen MR) is 94.5 cm³/mol. The van der Waals surface area contributed by atoms with Crippen LogP contribution in [0.2, 0.25) is 0 Å². The summed E-state index contributed by atoms with van der Waals surface area (Å²) in [5, 5.41) is 4.25. The third-order valence-electron chi connectivity index (χ3n) is 3.76. The topological polar surface area (TPSA) is 44.5 Å². The maximum absolute atomic E-state index is 5.51. The summed E-state index contributed by atoms with van der Waals surface area (Å²) in [6.45, 7) is 7.18. The van der Waals surface area contributed by atoms with Crippen molar-refractivity contribution in [1.82, 2.24) is 5.16 Å². The zero-order valence-electron chi connectivity index (χ0n) is 14.2. The van der Waals surface area contributed by atoms with E-state index in [1.54, 1.807) is 0 Å². The molecule has 0 fully saturated rings. The van der Waals surface area contributed by atoms with Crippen LogP contribution in [0, 0.1) is 6.92 Å². The molecule has 0 radical (unpaired) electrons. The van der Waals surface area contributed by atoms with E-state index in [-0.39, 0.29) is 0 Å². The number of hydrogen-bond acceptors (Lipinski definition) is 4. The minimum atomic E-state index is 0.653. The molecule has 0 atom stereocenters. The molecular weight excluding hydrogens is 302 g/mol. The molecule has 1 heterocycles. The van der Waals surface area contributed by atoms with Gasteiger partial charge in [0, 0.05) is 5.56 Å². The Balaban J connectivity index is 1.96. The van der Waals surface area contributed by atoms with Gasteiger partial charge in [0.05, 0.1) is 18.8 Å². The Morgan fingerprint density at radius 1 is 0.792 bits per heavy atom. The van der Waals surface area contributed by atoms with Crippen LogP contribution in [-0.4, -0.2) is 18.4 Å². The molecule has 0 saturated heterocycles. The van der Waals surface area contributed by atoms with E-state index in [0.29, 0.717) is 13.2 Å². The summed E-state index contributed by atoms with van der Waals surface area (Å²) in [4.78, 5) is 0. The molecule has 4 heteroatoms. The van der Waals surface area contributed by atoms with Gasteiger partial charge in [-0.05, 0) is 62.7 Å². The lowest BCUT2D eigenvalue weighted by molar-refractivity contribution is 0.340. The zero-order chi connectivity index (χ0) is 16.9. The lowest BCUT2D eigenvalue weighted by Gasteiger charge is -2.07. The Hall–Kier alpha value is -2.75. The second-order valence-electron chi connectivity index (χ2n) is 5.38. The molecule has 2 aromatic carbocycles. The lowest BCUT2D eigenvalue weighted by Crippen LogP contribution is -1.92. The van der Waals surface area contributed by atoms with Crippen LogP contribution in [0.3, 0.4) is 0 Å². The van der Waals surface area contributed by atoms with E-state index >= 15 is 0 Å². The monoisotopic (exact) mass is 323 g/mol. The number of aryl methyl sites for hydroxylation is 1. The summed E-state index contributed by atoms with van der Waals surface area (Å²) in [7, 11) is 0. The van der Waals surface area contributed by atoms with Gasteiger partial charge < -0.3 is 14.0 Å². The molecule has 124 valence electrons. The van der Waals surface area contributed by atoms with Crippen molar-refractivity contribution < 1.29 is 14.0 Å². The fraction of sp³-hybridized carbons (Fsp3) is 0.250. The molecule has 0 unspecified atom stereocenters. The van der Waals surface area contributed by atoms with Gasteiger partial charge in [0.1, 0.15) is 23.0 Å². The number of nitrogens with zero attached hydrogens (tertiary/aromatic N) is 1. The Kier molecular flexibility index (Phi) is 4.85. The van der Waals surface area contributed by atoms with Crippen LogP contribution >= 0.6 is 0 Å². The van der Waals surface area contributed by atoms with E-state index in [0.717, 1.165) is 39.6 Å². The standard InChI is InChI=1S/C20H21NO3/c1-4-22-17-10-6-15(7-11-17)19-14(3)24-21-20(19)16-8-12-18(13-9-16)23-5-2/h6-13H,4-5H2,1-3H3. The molecule has 1 aromatic heterocycles. The highest BCUT2D eigenvalue weighted by molar-refractivity contribution is 5.82. The summed E-state index contributed by atoms with van der Waals surface area (Å²) in [6, 6.07) is 15.9. The van der Waals surface area contributed by atoms with E-state index in [4.69, 9.17) is 14.0 Å². The average molecular weight is 323 g/mol. The highest BCUT2D eigenvalue weighted by Gasteiger charge is 2.16. The molecule has 0 bridgehead atoms. The van der Waals surface area contributed by atoms with Gasteiger partial charge in [-0.25, -0.2) is 0 Å². The lowest BCUT2D eigenvalue weighted by atomic mass is 9.99. The van der Waals surface area contributed by atoms with Crippen LogP contribution in [0.5, 0.6) is 11.5 Å². The summed E-state index contributed by atoms with van der Waals surface area (Å²) >= 11 is 0. The average Bonchev–Trinajstić information content (AvgIpc) is 2.99. The van der Waals surface area contributed by atoms with Crippen molar-refractivity contribution in [3.63, 3.8) is 0 Å². The second-order valence-corrected chi connectivity index (χ2v) is 5.38. The fourth-order valence-electron chi connectivity index (χ4n) is 2.67. The quantitative estimate of drug-likeness (QED) is 0.632. The number of aromatic nitrogens is 1. The van der Waals surface area contributed by atoms with Crippen LogP contribution in [-0.2, 0) is 0 Å². The summed E-state index contributed by atoms with van der Waals surface area (Å²) in [5.41, 5.74) is 3.89. The Labute approximate surface area is 142 Å². The van der Waals surface area contributed by atoms with E-state index in [2.05, 4.69) is 5.16 Å². The van der Waals surface area contributed by atoms with Crippen LogP contribution < -0.4 is 9.47 Å². The van der Waals surface area contributed by atoms with Gasteiger partial charge in [-0.15, -0.1) is 0 Å². The smallest absolute Gasteiger partial charge is 0.142 e. The molecule has 0 spiro atoms. The van der Waals surface area contributed by atoms with Gasteiger partial charge in [-0.1, -0.05) is 17.3 Å². The summed E-state index contributed by atoms with van der Waals surface area (Å²) in [5.74, 6) is 2.50. The maximum Gasteiger partial charge on any atom is 0.142 e. The third kappa shape index (κ3) is 3.27. The van der Waals surface area contributed by atoms with Crippen molar-refractivity contribution in [3.05, 3.63) is 54.3 Å². The largest absolute Gasteiger partial charge is 0.494 e. The molecule has 0 aliphatic rings. The third-order valence-corrected chi connectivity index (χ3v) is 3.76. The highest BCUT2D eigenvalue weighted by Crippen LogP contribution is 2.35. The first kappa shape index (κ1) is 16.1. The number of hydrogen-bond donors (Lipinski definition) is 0. The van der Waals surface area contributed by atoms with Gasteiger partial charge in [-0.3, -0.25) is 0 Å². The van der Waals surface area contributed by atoms with Gasteiger partial charge in [0.2, 0.25) is 0 Å². The van der Waals surface area contributed by atoms with Gasteiger partial charge >= 0.3 is 0 Å². The Bertz CT molecular complexity index is 789. The SMILES string of the molecule is CCOc1ccc(-c2noc(C)c2-c2ccc(OCC)cc2)cc1. The van der Waals surface area contributed by atoms with E-state index < -0.39 is 0 Å². The minimum Gasteiger partial charge on any atom is -0.494 e. The molecule has 0 saturated carbocycles. The summed E-state index contributed by atoms with van der Waals surface area (Å²) < 4.78 is 16.4. The second kappa shape index (κ2) is 7.21. The molecule has 0 N–H and O–H groups in total. The maximum atomic E-state index is 5.51. The van der Waals surface area contributed by atoms with E-state index in [1.165, 1.54) is 0 Å². The van der Waals surface area contributed by atoms with Crippen molar-refractivity contribution in [2.75, 3.05) is 13.2 Å². The molecule has 0 amide bonds. The van der Waals surface area contributed by atoms with Crippen molar-refractivity contribution in [2.45, 2.75) is 20.8 Å². The van der Waals surface area contributed by atoms with Gasteiger partial charge in [0.25, 0.3) is 0 Å². The van der Waals surface area contributed by atoms with E-state index in [9.17, 15) is 0 Å². The molecular formula is C20H21NO3. The van der Waals surface area contributed by atoms with Gasteiger partial charge in [-0.2, -0.15) is 0 Å². The number of rotatable bonds is 6. The fourth-order valence-corrected chi connectivity index (χ4v) is 2.67. The van der Waals surface area contributed by atoms with Crippen molar-refractivity contribution in [1.29, 1.82) is 0 Å². The number of ether oxygens (including phenoxy) is 2. The van der Waals surface area contributed by atoms with Crippen LogP contribution in [0.1, 0.15) is 19.6 Å². The molecule has 0 aliphatic heterocycles. The van der Waals surface area contributed by atoms with Crippen molar-refractivity contribution >= 4 is 0 Å². The molecule has 0 aliphatic carbocycles. The first-order valence-corrected chi connectivity index (χ1v) is 8.15. The van der Waals surface area contributed by atoms with Crippen LogP contribution in [0.15, 0.2) is 53.1 Å².